The van der Waals surface area contributed by atoms with Gasteiger partial charge in [0.1, 0.15) is 0 Å². The Morgan fingerprint density at radius 1 is 1.05 bits per heavy atom. The predicted molar refractivity (Wildman–Crippen MR) is 85.6 cm³/mol. The maximum Gasteiger partial charge on any atom is 0.228 e. The minimum absolute atomic E-state index is 0.0888. The van der Waals surface area contributed by atoms with Crippen molar-refractivity contribution in [2.75, 3.05) is 19.5 Å². The van der Waals surface area contributed by atoms with Gasteiger partial charge in [-0.2, -0.15) is 0 Å². The first-order valence-corrected chi connectivity index (χ1v) is 6.87. The van der Waals surface area contributed by atoms with E-state index in [0.717, 1.165) is 10.5 Å². The van der Waals surface area contributed by atoms with Crippen LogP contribution in [0.1, 0.15) is 5.56 Å². The number of rotatable bonds is 5. The van der Waals surface area contributed by atoms with Crippen molar-refractivity contribution in [1.29, 1.82) is 0 Å². The molecule has 0 aliphatic rings. The molecule has 0 aromatic heterocycles. The zero-order chi connectivity index (χ0) is 15.2. The Morgan fingerprint density at radius 2 is 1.71 bits per heavy atom. The molecule has 1 N–H and O–H groups in total. The van der Waals surface area contributed by atoms with Gasteiger partial charge in [0.15, 0.2) is 11.5 Å². The zero-order valence-corrected chi connectivity index (χ0v) is 12.8. The van der Waals surface area contributed by atoms with Gasteiger partial charge in [0.05, 0.1) is 20.6 Å². The average Bonchev–Trinajstić information content (AvgIpc) is 2.49. The first kappa shape index (κ1) is 15.3. The Balaban J connectivity index is 2.04. The Kier molecular flexibility index (Phi) is 5.11. The van der Waals surface area contributed by atoms with E-state index in [2.05, 4.69) is 17.9 Å². The number of methoxy groups -OCH3 is 2. The standard InChI is InChI=1S/C16H17NO3S/c1-19-14-8-5-12(10-15(14)20-2)17-16(18)9-11-3-6-13(21)7-4-11/h3-8,10,21H,9H2,1-2H3,(H,17,18). The van der Waals surface area contributed by atoms with Crippen LogP contribution in [-0.2, 0) is 11.2 Å². The molecule has 0 fully saturated rings. The van der Waals surface area contributed by atoms with Crippen molar-refractivity contribution in [2.45, 2.75) is 11.3 Å². The molecule has 110 valence electrons. The summed E-state index contributed by atoms with van der Waals surface area (Å²) in [7, 11) is 3.13. The highest BCUT2D eigenvalue weighted by atomic mass is 32.1. The summed E-state index contributed by atoms with van der Waals surface area (Å²) in [6.45, 7) is 0. The topological polar surface area (TPSA) is 47.6 Å². The minimum atomic E-state index is -0.0888. The van der Waals surface area contributed by atoms with Crippen molar-refractivity contribution in [3.63, 3.8) is 0 Å². The van der Waals surface area contributed by atoms with Gasteiger partial charge in [-0.15, -0.1) is 12.6 Å². The van der Waals surface area contributed by atoms with Gasteiger partial charge in [-0.3, -0.25) is 4.79 Å². The molecule has 0 radical (unpaired) electrons. The van der Waals surface area contributed by atoms with E-state index in [-0.39, 0.29) is 5.91 Å². The highest BCUT2D eigenvalue weighted by molar-refractivity contribution is 7.80. The van der Waals surface area contributed by atoms with Crippen LogP contribution in [0.15, 0.2) is 47.4 Å². The third kappa shape index (κ3) is 4.16. The van der Waals surface area contributed by atoms with E-state index in [1.165, 1.54) is 0 Å². The quantitative estimate of drug-likeness (QED) is 0.834. The number of hydrogen-bond donors (Lipinski definition) is 2. The van der Waals surface area contributed by atoms with Crippen LogP contribution in [0.2, 0.25) is 0 Å². The summed E-state index contributed by atoms with van der Waals surface area (Å²) in [6.07, 6.45) is 0.308. The monoisotopic (exact) mass is 303 g/mol. The van der Waals surface area contributed by atoms with Gasteiger partial charge in [0.25, 0.3) is 0 Å². The molecule has 2 aromatic rings. The molecule has 0 aliphatic heterocycles. The fourth-order valence-corrected chi connectivity index (χ4v) is 2.07. The minimum Gasteiger partial charge on any atom is -0.493 e. The molecule has 0 unspecified atom stereocenters. The average molecular weight is 303 g/mol. The highest BCUT2D eigenvalue weighted by Gasteiger charge is 2.08. The summed E-state index contributed by atoms with van der Waals surface area (Å²) >= 11 is 4.22. The Bertz CT molecular complexity index is 626. The van der Waals surface area contributed by atoms with E-state index in [9.17, 15) is 4.79 Å². The second-order valence-electron chi connectivity index (χ2n) is 4.46. The van der Waals surface area contributed by atoms with Crippen LogP contribution in [0.4, 0.5) is 5.69 Å². The lowest BCUT2D eigenvalue weighted by Crippen LogP contribution is -2.14. The summed E-state index contributed by atoms with van der Waals surface area (Å²) in [5, 5.41) is 2.84. The second kappa shape index (κ2) is 7.04. The smallest absolute Gasteiger partial charge is 0.228 e. The number of benzene rings is 2. The predicted octanol–water partition coefficient (Wildman–Crippen LogP) is 3.17. The van der Waals surface area contributed by atoms with Gasteiger partial charge in [-0.1, -0.05) is 12.1 Å². The molecule has 0 bridgehead atoms. The van der Waals surface area contributed by atoms with Crippen LogP contribution < -0.4 is 14.8 Å². The third-order valence-electron chi connectivity index (χ3n) is 2.97. The SMILES string of the molecule is COc1ccc(NC(=O)Cc2ccc(S)cc2)cc1OC. The zero-order valence-electron chi connectivity index (χ0n) is 11.9. The third-order valence-corrected chi connectivity index (χ3v) is 3.27. The first-order valence-electron chi connectivity index (χ1n) is 6.42. The van der Waals surface area contributed by atoms with Crippen molar-refractivity contribution in [1.82, 2.24) is 0 Å². The summed E-state index contributed by atoms with van der Waals surface area (Å²) < 4.78 is 10.4. The van der Waals surface area contributed by atoms with Crippen LogP contribution in [0.3, 0.4) is 0 Å². The van der Waals surface area contributed by atoms with Gasteiger partial charge in [0.2, 0.25) is 5.91 Å². The number of amides is 1. The van der Waals surface area contributed by atoms with Crippen molar-refractivity contribution >= 4 is 24.2 Å². The summed E-state index contributed by atoms with van der Waals surface area (Å²) in [5.74, 6) is 1.11. The Labute approximate surface area is 129 Å². The van der Waals surface area contributed by atoms with E-state index in [4.69, 9.17) is 9.47 Å². The van der Waals surface area contributed by atoms with Gasteiger partial charge in [0, 0.05) is 16.6 Å². The van der Waals surface area contributed by atoms with Crippen molar-refractivity contribution < 1.29 is 14.3 Å². The van der Waals surface area contributed by atoms with Crippen LogP contribution >= 0.6 is 12.6 Å². The molecule has 4 nitrogen and oxygen atoms in total. The first-order chi connectivity index (χ1) is 10.1. The maximum absolute atomic E-state index is 12.0. The molecule has 2 aromatic carbocycles. The van der Waals surface area contributed by atoms with Gasteiger partial charge in [-0.25, -0.2) is 0 Å². The van der Waals surface area contributed by atoms with Crippen LogP contribution in [0.25, 0.3) is 0 Å². The lowest BCUT2D eigenvalue weighted by molar-refractivity contribution is -0.115. The summed E-state index contributed by atoms with van der Waals surface area (Å²) in [4.78, 5) is 12.9. The molecule has 0 spiro atoms. The Morgan fingerprint density at radius 3 is 2.33 bits per heavy atom. The van der Waals surface area contributed by atoms with Gasteiger partial charge in [-0.05, 0) is 29.8 Å². The molecule has 0 saturated carbocycles. The van der Waals surface area contributed by atoms with Gasteiger partial charge < -0.3 is 14.8 Å². The van der Waals surface area contributed by atoms with Crippen LogP contribution in [0.5, 0.6) is 11.5 Å². The van der Waals surface area contributed by atoms with E-state index < -0.39 is 0 Å². The van der Waals surface area contributed by atoms with E-state index in [1.54, 1.807) is 32.4 Å². The number of anilines is 1. The molecule has 21 heavy (non-hydrogen) atoms. The fraction of sp³-hybridized carbons (Fsp3) is 0.188. The van der Waals surface area contributed by atoms with Crippen molar-refractivity contribution in [3.8, 4) is 11.5 Å². The molecular weight excluding hydrogens is 286 g/mol. The van der Waals surface area contributed by atoms with E-state index in [0.29, 0.717) is 23.6 Å². The van der Waals surface area contributed by atoms with Crippen LogP contribution in [-0.4, -0.2) is 20.1 Å². The lowest BCUT2D eigenvalue weighted by Gasteiger charge is -2.10. The van der Waals surface area contributed by atoms with Crippen LogP contribution in [0, 0.1) is 0 Å². The number of hydrogen-bond acceptors (Lipinski definition) is 4. The molecule has 0 atom stereocenters. The number of carbonyl (C=O) groups is 1. The molecule has 1 amide bonds. The maximum atomic E-state index is 12.0. The molecular formula is C16H17NO3S. The number of carbonyl (C=O) groups excluding carboxylic acids is 1. The molecule has 0 heterocycles. The highest BCUT2D eigenvalue weighted by Crippen LogP contribution is 2.29. The largest absolute Gasteiger partial charge is 0.493 e. The molecule has 0 saturated heterocycles. The van der Waals surface area contributed by atoms with Gasteiger partial charge >= 0.3 is 0 Å². The summed E-state index contributed by atoms with van der Waals surface area (Å²) in [6, 6.07) is 12.8. The molecule has 0 aliphatic carbocycles. The van der Waals surface area contributed by atoms with E-state index >= 15 is 0 Å². The number of ether oxygens (including phenoxy) is 2. The van der Waals surface area contributed by atoms with Crippen molar-refractivity contribution in [2.24, 2.45) is 0 Å². The fourth-order valence-electron chi connectivity index (χ4n) is 1.92. The molecule has 2 rings (SSSR count). The van der Waals surface area contributed by atoms with Crippen molar-refractivity contribution in [3.05, 3.63) is 48.0 Å². The lowest BCUT2D eigenvalue weighted by atomic mass is 10.1. The number of thiol groups is 1. The molecule has 5 heteroatoms. The Hall–Kier alpha value is -2.14. The normalized spacial score (nSPS) is 10.0. The van der Waals surface area contributed by atoms with E-state index in [1.807, 2.05) is 24.3 Å². The second-order valence-corrected chi connectivity index (χ2v) is 4.98. The number of nitrogens with one attached hydrogen (secondary N) is 1. The summed E-state index contributed by atoms with van der Waals surface area (Å²) in [5.41, 5.74) is 1.61.